The van der Waals surface area contributed by atoms with Crippen LogP contribution in [-0.2, 0) is 77.9 Å². The molecule has 0 radical (unpaired) electrons. The number of esters is 5. The van der Waals surface area contributed by atoms with E-state index in [0.717, 1.165) is 56.2 Å². The van der Waals surface area contributed by atoms with Crippen LogP contribution in [0.25, 0.3) is 0 Å². The zero-order chi connectivity index (χ0) is 45.0. The highest BCUT2D eigenvalue weighted by atomic mass is 16.7. The molecular weight excluding hydrogens is 768 g/mol. The summed E-state index contributed by atoms with van der Waals surface area (Å²) in [5, 5.41) is 0. The van der Waals surface area contributed by atoms with Crippen LogP contribution in [0.4, 0.5) is 0 Å². The highest BCUT2D eigenvalue weighted by Gasteiger charge is 2.18. The van der Waals surface area contributed by atoms with Crippen LogP contribution in [0, 0.1) is 0 Å². The highest BCUT2D eigenvalue weighted by molar-refractivity contribution is 5.87. The molecule has 0 amide bonds. The van der Waals surface area contributed by atoms with Crippen molar-refractivity contribution in [3.8, 4) is 0 Å². The molecular formula is C44H66O15. The maximum Gasteiger partial charge on any atom is 0.335 e. The zero-order valence-corrected chi connectivity index (χ0v) is 36.0. The predicted molar refractivity (Wildman–Crippen MR) is 221 cm³/mol. The van der Waals surface area contributed by atoms with Crippen molar-refractivity contribution in [2.75, 3.05) is 33.2 Å². The van der Waals surface area contributed by atoms with E-state index in [4.69, 9.17) is 42.6 Å². The fourth-order valence-corrected chi connectivity index (χ4v) is 3.96. The topological polar surface area (TPSA) is 178 Å². The number of carbonyl (C=O) groups excluding carboxylic acids is 5. The average molecular weight is 835 g/mol. The van der Waals surface area contributed by atoms with Gasteiger partial charge in [-0.2, -0.15) is 0 Å². The van der Waals surface area contributed by atoms with E-state index in [0.29, 0.717) is 49.8 Å². The van der Waals surface area contributed by atoms with Crippen LogP contribution >= 0.6 is 0 Å². The van der Waals surface area contributed by atoms with Gasteiger partial charge in [-0.1, -0.05) is 63.2 Å². The Hall–Kier alpha value is -4.93. The van der Waals surface area contributed by atoms with Gasteiger partial charge < -0.3 is 47.4 Å². The minimum absolute atomic E-state index is 0.0411. The van der Waals surface area contributed by atoms with E-state index in [9.17, 15) is 24.0 Å². The Morgan fingerprint density at radius 2 is 1.15 bits per heavy atom. The van der Waals surface area contributed by atoms with Crippen molar-refractivity contribution >= 4 is 29.8 Å². The van der Waals surface area contributed by atoms with Gasteiger partial charge in [-0.15, -0.1) is 0 Å². The average Bonchev–Trinajstić information content (AvgIpc) is 3.21. The molecule has 2 saturated heterocycles. The Morgan fingerprint density at radius 1 is 0.678 bits per heavy atom. The molecule has 0 bridgehead atoms. The second-order valence-corrected chi connectivity index (χ2v) is 12.5. The van der Waals surface area contributed by atoms with E-state index in [1.165, 1.54) is 0 Å². The third kappa shape index (κ3) is 33.7. The van der Waals surface area contributed by atoms with E-state index in [1.54, 1.807) is 34.6 Å². The number of carbonyl (C=O) groups is 5. The number of hydrogen-bond donors (Lipinski definition) is 0. The predicted octanol–water partition coefficient (Wildman–Crippen LogP) is 7.74. The summed E-state index contributed by atoms with van der Waals surface area (Å²) in [7, 11) is 0. The van der Waals surface area contributed by atoms with Crippen LogP contribution < -0.4 is 0 Å². The van der Waals surface area contributed by atoms with Crippen molar-refractivity contribution in [1.82, 2.24) is 0 Å². The van der Waals surface area contributed by atoms with Crippen LogP contribution in [0.5, 0.6) is 0 Å². The lowest BCUT2D eigenvalue weighted by molar-refractivity contribution is -0.182. The standard InChI is InChI=1S/C12H14O3.C9H14O3.C8H12O3.C8H14O3.C7H12O3/c1-10(2)12(13)15-9-14-8-11-6-4-3-5-7-11;1-7(2)9(10)12-8-5-3-4-6-11-8;1-2-7(9)11-8-5-3-4-6-10-8;1-5-10-7(4)11-8(9)6(2)3;1-4-7(8)10-6(3)9-5-2/h3-7H,1,8-9H2,2H3;8H,1,3-6H2,2H3;2,8H,1,3-6H2;7H,2,5H2,1,3-4H3;4,6H,1,5H2,2-3H3. The van der Waals surface area contributed by atoms with Crippen LogP contribution in [0.3, 0.4) is 0 Å². The summed E-state index contributed by atoms with van der Waals surface area (Å²) in [6.07, 6.45) is 6.47. The quantitative estimate of drug-likeness (QED) is 0.0489. The van der Waals surface area contributed by atoms with Crippen molar-refractivity contribution in [3.05, 3.63) is 97.7 Å². The van der Waals surface area contributed by atoms with E-state index < -0.39 is 36.5 Å². The lowest BCUT2D eigenvalue weighted by Crippen LogP contribution is -2.25. The summed E-state index contributed by atoms with van der Waals surface area (Å²) in [6.45, 7) is 31.6. The molecule has 2 heterocycles. The van der Waals surface area contributed by atoms with E-state index in [-0.39, 0.29) is 25.3 Å². The molecule has 0 aromatic heterocycles. The van der Waals surface area contributed by atoms with Crippen LogP contribution in [0.1, 0.15) is 92.6 Å². The van der Waals surface area contributed by atoms with Gasteiger partial charge in [0.25, 0.3) is 0 Å². The van der Waals surface area contributed by atoms with Gasteiger partial charge in [0.05, 0.1) is 19.8 Å². The molecule has 2 fully saturated rings. The normalized spacial score (nSPS) is 16.1. The second-order valence-electron chi connectivity index (χ2n) is 12.5. The Bertz CT molecular complexity index is 1410. The molecule has 3 rings (SSSR count). The van der Waals surface area contributed by atoms with Crippen LogP contribution in [-0.4, -0.2) is 88.2 Å². The minimum Gasteiger partial charge on any atom is -0.435 e. The molecule has 0 spiro atoms. The van der Waals surface area contributed by atoms with Crippen LogP contribution in [0.15, 0.2) is 92.1 Å². The van der Waals surface area contributed by atoms with Gasteiger partial charge in [-0.05, 0) is 79.7 Å². The lowest BCUT2D eigenvalue weighted by atomic mass is 10.2. The molecule has 59 heavy (non-hydrogen) atoms. The van der Waals surface area contributed by atoms with Crippen LogP contribution in [0.2, 0.25) is 0 Å². The Labute approximate surface area is 350 Å². The van der Waals surface area contributed by atoms with Gasteiger partial charge in [-0.3, -0.25) is 0 Å². The molecule has 15 nitrogen and oxygen atoms in total. The zero-order valence-electron chi connectivity index (χ0n) is 36.0. The summed E-state index contributed by atoms with van der Waals surface area (Å²) >= 11 is 0. The first kappa shape index (κ1) is 56.2. The fourth-order valence-electron chi connectivity index (χ4n) is 3.96. The monoisotopic (exact) mass is 834 g/mol. The maximum atomic E-state index is 11.0. The van der Waals surface area contributed by atoms with Gasteiger partial charge in [0, 0.05) is 54.9 Å². The first-order valence-electron chi connectivity index (χ1n) is 19.3. The summed E-state index contributed by atoms with van der Waals surface area (Å²) in [4.78, 5) is 53.9. The van der Waals surface area contributed by atoms with Crippen molar-refractivity contribution in [2.24, 2.45) is 0 Å². The van der Waals surface area contributed by atoms with Gasteiger partial charge in [0.1, 0.15) is 0 Å². The molecule has 1 aromatic carbocycles. The van der Waals surface area contributed by atoms with Crippen molar-refractivity contribution in [2.45, 2.75) is 119 Å². The van der Waals surface area contributed by atoms with Crippen molar-refractivity contribution in [1.29, 1.82) is 0 Å². The SMILES string of the molecule is C=C(C)C(=O)OC(C)OCC.C=C(C)C(=O)OC1CCCCO1.C=C(C)C(=O)OCOCc1ccccc1.C=CC(=O)OC(C)OCC.C=CC(=O)OC1CCCCO1. The molecule has 0 N–H and O–H groups in total. The Balaban J connectivity index is 0. The molecule has 4 unspecified atom stereocenters. The molecule has 15 heteroatoms. The molecule has 332 valence electrons. The lowest BCUT2D eigenvalue weighted by Gasteiger charge is -2.22. The van der Waals surface area contributed by atoms with Gasteiger partial charge >= 0.3 is 29.8 Å². The number of rotatable bonds is 17. The minimum atomic E-state index is -0.482. The Morgan fingerprint density at radius 3 is 1.58 bits per heavy atom. The van der Waals surface area contributed by atoms with Gasteiger partial charge in [-0.25, -0.2) is 24.0 Å². The first-order valence-corrected chi connectivity index (χ1v) is 19.3. The van der Waals surface area contributed by atoms with E-state index in [2.05, 4.69) is 37.6 Å². The number of hydrogen-bond acceptors (Lipinski definition) is 15. The molecule has 1 aromatic rings. The van der Waals surface area contributed by atoms with Gasteiger partial charge in [0.15, 0.2) is 19.4 Å². The molecule has 0 saturated carbocycles. The second kappa shape index (κ2) is 36.2. The summed E-state index contributed by atoms with van der Waals surface area (Å²) < 4.78 is 49.5. The number of ether oxygens (including phenoxy) is 10. The fraction of sp³-hybridized carbons (Fsp3) is 0.523. The number of benzene rings is 1. The Kier molecular flexibility index (Phi) is 34.4. The molecule has 2 aliphatic rings. The third-order valence-corrected chi connectivity index (χ3v) is 6.88. The molecule has 2 aliphatic heterocycles. The van der Waals surface area contributed by atoms with E-state index >= 15 is 0 Å². The maximum absolute atomic E-state index is 11.0. The smallest absolute Gasteiger partial charge is 0.335 e. The summed E-state index contributed by atoms with van der Waals surface area (Å²) in [5.41, 5.74) is 2.22. The van der Waals surface area contributed by atoms with E-state index in [1.807, 2.05) is 44.2 Å². The molecule has 4 atom stereocenters. The van der Waals surface area contributed by atoms with Crippen molar-refractivity contribution < 1.29 is 71.3 Å². The summed E-state index contributed by atoms with van der Waals surface area (Å²) in [5.74, 6) is -2.06. The molecule has 0 aliphatic carbocycles. The third-order valence-electron chi connectivity index (χ3n) is 6.88. The van der Waals surface area contributed by atoms with Crippen molar-refractivity contribution in [3.63, 3.8) is 0 Å². The summed E-state index contributed by atoms with van der Waals surface area (Å²) in [6, 6.07) is 9.68. The highest BCUT2D eigenvalue weighted by Crippen LogP contribution is 2.15. The van der Waals surface area contributed by atoms with Gasteiger partial charge in [0.2, 0.25) is 12.6 Å². The largest absolute Gasteiger partial charge is 0.435 e. The first-order chi connectivity index (χ1) is 28.0.